The molecule has 5 rings (SSSR count). The standard InChI is InChI=1S/C43H33Cl6N7O6/c1-20-5-9-27(44)17-33(20)50-41(60)24-7-11-29(46)36(14-24)53-55-39(22(3)57)38(59)16-26-13-32(49)35(19-31(26)48)52-43(62)40(23(4)58)56-54-37-15-25(8-12-30(37)47)42(61)51-34-18-28(45)10-6-21(34)2/h5-15,17-19,39-40H,16H2,1-4H3,(H,50,60)(H,51,61)(H,52,62). The molecule has 2 unspecified atom stereocenters. The van der Waals surface area contributed by atoms with Crippen molar-refractivity contribution in [3.63, 3.8) is 0 Å². The van der Waals surface area contributed by atoms with Crippen LogP contribution in [0.15, 0.2) is 105 Å². The molecular weight excluding hydrogens is 923 g/mol. The number of nitrogens with one attached hydrogen (secondary N) is 3. The minimum Gasteiger partial charge on any atom is -0.322 e. The summed E-state index contributed by atoms with van der Waals surface area (Å²) < 4.78 is 0. The molecule has 0 saturated heterocycles. The van der Waals surface area contributed by atoms with E-state index >= 15 is 0 Å². The molecule has 5 aromatic rings. The molecule has 318 valence electrons. The Balaban J connectivity index is 1.27. The van der Waals surface area contributed by atoms with Crippen molar-refractivity contribution in [3.8, 4) is 0 Å². The van der Waals surface area contributed by atoms with E-state index < -0.39 is 53.6 Å². The average molecular weight is 956 g/mol. The van der Waals surface area contributed by atoms with Gasteiger partial charge in [0.1, 0.15) is 11.4 Å². The van der Waals surface area contributed by atoms with Crippen LogP contribution in [-0.4, -0.2) is 47.2 Å². The normalized spacial score (nSPS) is 12.2. The monoisotopic (exact) mass is 953 g/mol. The number of carbonyl (C=O) groups is 6. The van der Waals surface area contributed by atoms with Gasteiger partial charge < -0.3 is 16.0 Å². The van der Waals surface area contributed by atoms with Gasteiger partial charge in [-0.3, -0.25) is 28.8 Å². The quantitative estimate of drug-likeness (QED) is 0.0691. The van der Waals surface area contributed by atoms with Gasteiger partial charge in [0.2, 0.25) is 6.04 Å². The molecule has 0 aliphatic carbocycles. The molecule has 3 N–H and O–H groups in total. The van der Waals surface area contributed by atoms with E-state index in [9.17, 15) is 28.8 Å². The van der Waals surface area contributed by atoms with E-state index in [0.29, 0.717) is 21.4 Å². The number of rotatable bonds is 15. The van der Waals surface area contributed by atoms with Crippen LogP contribution >= 0.6 is 69.6 Å². The second-order valence-corrected chi connectivity index (χ2v) is 16.2. The maximum atomic E-state index is 13.4. The summed E-state index contributed by atoms with van der Waals surface area (Å²) in [6.45, 7) is 5.88. The molecule has 62 heavy (non-hydrogen) atoms. The molecule has 0 aliphatic heterocycles. The lowest BCUT2D eigenvalue weighted by Crippen LogP contribution is -2.32. The molecule has 5 aromatic carbocycles. The molecule has 0 radical (unpaired) electrons. The first kappa shape index (κ1) is 47.5. The van der Waals surface area contributed by atoms with E-state index in [1.807, 2.05) is 0 Å². The first-order valence-electron chi connectivity index (χ1n) is 18.2. The van der Waals surface area contributed by atoms with Gasteiger partial charge >= 0.3 is 0 Å². The summed E-state index contributed by atoms with van der Waals surface area (Å²) in [6, 6.07) is 17.8. The van der Waals surface area contributed by atoms with Crippen LogP contribution in [0.1, 0.15) is 51.3 Å². The van der Waals surface area contributed by atoms with E-state index in [1.54, 1.807) is 50.2 Å². The van der Waals surface area contributed by atoms with Gasteiger partial charge in [0.15, 0.2) is 23.4 Å². The van der Waals surface area contributed by atoms with E-state index in [4.69, 9.17) is 69.6 Å². The number of nitrogens with zero attached hydrogens (tertiary/aromatic N) is 4. The Kier molecular flexibility index (Phi) is 16.1. The van der Waals surface area contributed by atoms with Crippen molar-refractivity contribution in [2.75, 3.05) is 16.0 Å². The summed E-state index contributed by atoms with van der Waals surface area (Å²) in [6.07, 6.45) is -0.425. The Morgan fingerprint density at radius 2 is 0.984 bits per heavy atom. The summed E-state index contributed by atoms with van der Waals surface area (Å²) in [4.78, 5) is 77.9. The number of hydrogen-bond donors (Lipinski definition) is 3. The van der Waals surface area contributed by atoms with Crippen molar-refractivity contribution in [1.82, 2.24) is 0 Å². The lowest BCUT2D eigenvalue weighted by molar-refractivity contribution is -0.128. The fourth-order valence-corrected chi connectivity index (χ4v) is 6.66. The highest BCUT2D eigenvalue weighted by atomic mass is 35.5. The van der Waals surface area contributed by atoms with Gasteiger partial charge in [0, 0.05) is 44.0 Å². The summed E-state index contributed by atoms with van der Waals surface area (Å²) in [5.74, 6) is -3.95. The Morgan fingerprint density at radius 3 is 1.45 bits per heavy atom. The van der Waals surface area contributed by atoms with Gasteiger partial charge in [-0.05, 0) is 117 Å². The molecule has 0 aliphatic rings. The smallest absolute Gasteiger partial charge is 0.258 e. The number of Topliss-reactive ketones (excluding diaryl/α,β-unsaturated/α-hetero) is 3. The van der Waals surface area contributed by atoms with Gasteiger partial charge in [-0.2, -0.15) is 20.5 Å². The van der Waals surface area contributed by atoms with Crippen LogP contribution in [0.25, 0.3) is 0 Å². The Morgan fingerprint density at radius 1 is 0.516 bits per heavy atom. The van der Waals surface area contributed by atoms with E-state index in [0.717, 1.165) is 25.0 Å². The third-order valence-corrected chi connectivity index (χ3v) is 10.7. The first-order valence-corrected chi connectivity index (χ1v) is 20.5. The van der Waals surface area contributed by atoms with Crippen molar-refractivity contribution in [1.29, 1.82) is 0 Å². The minimum atomic E-state index is -1.67. The van der Waals surface area contributed by atoms with Crippen LogP contribution < -0.4 is 16.0 Å². The first-order chi connectivity index (χ1) is 29.3. The van der Waals surface area contributed by atoms with Crippen molar-refractivity contribution in [3.05, 3.63) is 143 Å². The largest absolute Gasteiger partial charge is 0.322 e. The number of anilines is 3. The van der Waals surface area contributed by atoms with Crippen LogP contribution in [0.4, 0.5) is 28.4 Å². The summed E-state index contributed by atoms with van der Waals surface area (Å²) >= 11 is 37.8. The number of benzene rings is 5. The Bertz CT molecular complexity index is 2530. The molecule has 13 nitrogen and oxygen atoms in total. The van der Waals surface area contributed by atoms with Gasteiger partial charge in [-0.15, -0.1) is 0 Å². The SMILES string of the molecule is CC(=O)C(N=Nc1cc(C(=O)Nc2cc(Cl)ccc2C)ccc1Cl)C(=O)Cc1cc(Cl)c(NC(=O)C(N=Nc2cc(C(=O)Nc3cc(Cl)ccc3C)ccc2Cl)C(C)=O)cc1Cl. The second kappa shape index (κ2) is 21.0. The molecule has 3 amide bonds. The van der Waals surface area contributed by atoms with Crippen LogP contribution in [-0.2, 0) is 25.6 Å². The van der Waals surface area contributed by atoms with E-state index in [-0.39, 0.29) is 53.8 Å². The molecule has 2 atom stereocenters. The fraction of sp³-hybridized carbons (Fsp3) is 0.163. The van der Waals surface area contributed by atoms with Crippen LogP contribution in [0.3, 0.4) is 0 Å². The van der Waals surface area contributed by atoms with Crippen molar-refractivity contribution in [2.45, 2.75) is 46.2 Å². The van der Waals surface area contributed by atoms with Gasteiger partial charge in [-0.1, -0.05) is 81.7 Å². The molecule has 0 spiro atoms. The van der Waals surface area contributed by atoms with Crippen molar-refractivity contribution >= 4 is 133 Å². The number of halogens is 6. The van der Waals surface area contributed by atoms with Crippen molar-refractivity contribution < 1.29 is 28.8 Å². The molecule has 0 heterocycles. The molecule has 0 aromatic heterocycles. The zero-order valence-electron chi connectivity index (χ0n) is 33.0. The maximum Gasteiger partial charge on any atom is 0.258 e. The van der Waals surface area contributed by atoms with Crippen molar-refractivity contribution in [2.24, 2.45) is 20.5 Å². The Hall–Kier alpha value is -5.54. The third kappa shape index (κ3) is 12.3. The number of azo groups is 2. The lowest BCUT2D eigenvalue weighted by atomic mass is 10.0. The second-order valence-electron chi connectivity index (χ2n) is 13.7. The topological polar surface area (TPSA) is 188 Å². The molecular formula is C43H33Cl6N7O6. The highest BCUT2D eigenvalue weighted by molar-refractivity contribution is 6.37. The highest BCUT2D eigenvalue weighted by Crippen LogP contribution is 2.33. The summed E-state index contributed by atoms with van der Waals surface area (Å²) in [5.41, 5.74) is 3.05. The molecule has 19 heteroatoms. The van der Waals surface area contributed by atoms with E-state index in [1.165, 1.54) is 48.5 Å². The average Bonchev–Trinajstić information content (AvgIpc) is 3.20. The van der Waals surface area contributed by atoms with Crippen LogP contribution in [0, 0.1) is 13.8 Å². The fourth-order valence-electron chi connectivity index (χ4n) is 5.54. The Labute approximate surface area is 385 Å². The van der Waals surface area contributed by atoms with Gasteiger partial charge in [0.05, 0.1) is 20.8 Å². The molecule has 0 bridgehead atoms. The molecule has 0 saturated carbocycles. The summed E-state index contributed by atoms with van der Waals surface area (Å²) in [5, 5.41) is 24.9. The third-order valence-electron chi connectivity index (χ3n) is 8.96. The van der Waals surface area contributed by atoms with Gasteiger partial charge in [-0.25, -0.2) is 0 Å². The lowest BCUT2D eigenvalue weighted by Gasteiger charge is -2.14. The highest BCUT2D eigenvalue weighted by Gasteiger charge is 2.27. The number of hydrogen-bond acceptors (Lipinski definition) is 10. The maximum absolute atomic E-state index is 13.4. The van der Waals surface area contributed by atoms with Gasteiger partial charge in [0.25, 0.3) is 17.7 Å². The molecule has 0 fully saturated rings. The summed E-state index contributed by atoms with van der Waals surface area (Å²) in [7, 11) is 0. The zero-order chi connectivity index (χ0) is 45.4. The van der Waals surface area contributed by atoms with Crippen LogP contribution in [0.5, 0.6) is 0 Å². The van der Waals surface area contributed by atoms with E-state index in [2.05, 4.69) is 36.4 Å². The number of aryl methyl sites for hydroxylation is 2. The predicted octanol–water partition coefficient (Wildman–Crippen LogP) is 12.3. The minimum absolute atomic E-state index is 0.00342. The number of ketones is 3. The number of amides is 3. The zero-order valence-corrected chi connectivity index (χ0v) is 37.5. The predicted molar refractivity (Wildman–Crippen MR) is 243 cm³/mol. The number of carbonyl (C=O) groups excluding carboxylic acids is 6. The van der Waals surface area contributed by atoms with Crippen LogP contribution in [0.2, 0.25) is 30.1 Å².